The number of thiophene rings is 1. The molecule has 0 radical (unpaired) electrons. The highest BCUT2D eigenvalue weighted by Gasteiger charge is 2.13. The molecule has 0 spiro atoms. The Bertz CT molecular complexity index is 309. The number of hydrogen-bond donors (Lipinski definition) is 1. The van der Waals surface area contributed by atoms with Gasteiger partial charge in [-0.2, -0.15) is 0 Å². The Kier molecular flexibility index (Phi) is 5.49. The summed E-state index contributed by atoms with van der Waals surface area (Å²) in [5.74, 6) is 0.644. The third-order valence-corrected chi connectivity index (χ3v) is 3.29. The van der Waals surface area contributed by atoms with Gasteiger partial charge in [0.1, 0.15) is 0 Å². The monoisotopic (exact) mass is 240 g/mol. The van der Waals surface area contributed by atoms with E-state index >= 15 is 0 Å². The molecule has 1 heterocycles. The Morgan fingerprint density at radius 1 is 1.56 bits per heavy atom. The largest absolute Gasteiger partial charge is 0.336 e. The van der Waals surface area contributed by atoms with Gasteiger partial charge < -0.3 is 10.6 Å². The summed E-state index contributed by atoms with van der Waals surface area (Å²) in [5.41, 5.74) is 5.42. The van der Waals surface area contributed by atoms with Gasteiger partial charge in [-0.25, -0.2) is 0 Å². The topological polar surface area (TPSA) is 46.3 Å². The number of rotatable bonds is 6. The predicted molar refractivity (Wildman–Crippen MR) is 68.2 cm³/mol. The van der Waals surface area contributed by atoms with Crippen LogP contribution in [0.4, 0.5) is 0 Å². The molecule has 3 nitrogen and oxygen atoms in total. The van der Waals surface area contributed by atoms with Crippen LogP contribution in [-0.2, 0) is 11.3 Å². The second kappa shape index (κ2) is 6.66. The normalized spacial score (nSPS) is 10.8. The standard InChI is InChI=1S/C12H20N2OS/c1-10(2)5-6-14(12(15)8-13)9-11-4-3-7-16-11/h3-4,7,10H,5-6,8-9,13H2,1-2H3. The van der Waals surface area contributed by atoms with Crippen LogP contribution >= 0.6 is 11.3 Å². The summed E-state index contributed by atoms with van der Waals surface area (Å²) in [4.78, 5) is 14.7. The summed E-state index contributed by atoms with van der Waals surface area (Å²) in [6.07, 6.45) is 1.02. The highest BCUT2D eigenvalue weighted by Crippen LogP contribution is 2.13. The molecule has 2 N–H and O–H groups in total. The minimum absolute atomic E-state index is 0.0362. The van der Waals surface area contributed by atoms with Crippen molar-refractivity contribution in [2.24, 2.45) is 11.7 Å². The first kappa shape index (κ1) is 13.2. The maximum Gasteiger partial charge on any atom is 0.236 e. The van der Waals surface area contributed by atoms with Gasteiger partial charge in [-0.3, -0.25) is 4.79 Å². The quantitative estimate of drug-likeness (QED) is 0.827. The second-order valence-corrected chi connectivity index (χ2v) is 5.31. The maximum absolute atomic E-state index is 11.7. The van der Waals surface area contributed by atoms with Gasteiger partial charge in [-0.05, 0) is 23.8 Å². The third-order valence-electron chi connectivity index (χ3n) is 2.43. The van der Waals surface area contributed by atoms with Crippen LogP contribution in [0, 0.1) is 5.92 Å². The van der Waals surface area contributed by atoms with E-state index in [0.717, 1.165) is 13.0 Å². The van der Waals surface area contributed by atoms with Crippen LogP contribution in [-0.4, -0.2) is 23.9 Å². The van der Waals surface area contributed by atoms with Crippen LogP contribution in [0.2, 0.25) is 0 Å². The molecule has 0 saturated carbocycles. The number of carbonyl (C=O) groups excluding carboxylic acids is 1. The molecule has 0 aromatic carbocycles. The van der Waals surface area contributed by atoms with Gasteiger partial charge in [-0.1, -0.05) is 19.9 Å². The Hall–Kier alpha value is -0.870. The first-order valence-corrected chi connectivity index (χ1v) is 6.51. The molecule has 1 amide bonds. The number of carbonyl (C=O) groups is 1. The van der Waals surface area contributed by atoms with Gasteiger partial charge in [0.05, 0.1) is 13.1 Å². The number of nitrogens with zero attached hydrogens (tertiary/aromatic N) is 1. The lowest BCUT2D eigenvalue weighted by Gasteiger charge is -2.22. The molecule has 1 rings (SSSR count). The SMILES string of the molecule is CC(C)CCN(Cc1cccs1)C(=O)CN. The van der Waals surface area contributed by atoms with Crippen molar-refractivity contribution in [1.82, 2.24) is 4.90 Å². The summed E-state index contributed by atoms with van der Waals surface area (Å²) < 4.78 is 0. The molecule has 0 aliphatic carbocycles. The van der Waals surface area contributed by atoms with Gasteiger partial charge in [-0.15, -0.1) is 11.3 Å². The van der Waals surface area contributed by atoms with Crippen LogP contribution in [0.25, 0.3) is 0 Å². The lowest BCUT2D eigenvalue weighted by molar-refractivity contribution is -0.130. The summed E-state index contributed by atoms with van der Waals surface area (Å²) >= 11 is 1.68. The molecule has 4 heteroatoms. The van der Waals surface area contributed by atoms with E-state index in [9.17, 15) is 4.79 Å². The van der Waals surface area contributed by atoms with Crippen molar-refractivity contribution in [1.29, 1.82) is 0 Å². The minimum Gasteiger partial charge on any atom is -0.336 e. The number of hydrogen-bond acceptors (Lipinski definition) is 3. The summed E-state index contributed by atoms with van der Waals surface area (Å²) in [7, 11) is 0. The molecule has 0 aliphatic rings. The molecule has 0 atom stereocenters. The van der Waals surface area contributed by atoms with Crippen molar-refractivity contribution in [3.8, 4) is 0 Å². The fraction of sp³-hybridized carbons (Fsp3) is 0.583. The molecular formula is C12H20N2OS. The molecule has 0 aliphatic heterocycles. The van der Waals surface area contributed by atoms with Crippen LogP contribution in [0.15, 0.2) is 17.5 Å². The Morgan fingerprint density at radius 2 is 2.31 bits per heavy atom. The zero-order valence-electron chi connectivity index (χ0n) is 9.98. The van der Waals surface area contributed by atoms with Crippen molar-refractivity contribution < 1.29 is 4.79 Å². The van der Waals surface area contributed by atoms with E-state index in [-0.39, 0.29) is 12.5 Å². The molecule has 1 aromatic rings. The van der Waals surface area contributed by atoms with E-state index in [4.69, 9.17) is 5.73 Å². The van der Waals surface area contributed by atoms with Crippen molar-refractivity contribution in [2.45, 2.75) is 26.8 Å². The third kappa shape index (κ3) is 4.33. The van der Waals surface area contributed by atoms with Crippen molar-refractivity contribution >= 4 is 17.2 Å². The zero-order chi connectivity index (χ0) is 12.0. The number of amides is 1. The Labute approximate surface area is 101 Å². The van der Waals surface area contributed by atoms with Crippen LogP contribution in [0.1, 0.15) is 25.1 Å². The highest BCUT2D eigenvalue weighted by molar-refractivity contribution is 7.09. The lowest BCUT2D eigenvalue weighted by Crippen LogP contribution is -2.36. The second-order valence-electron chi connectivity index (χ2n) is 4.28. The van der Waals surface area contributed by atoms with Crippen LogP contribution in [0.5, 0.6) is 0 Å². The molecular weight excluding hydrogens is 220 g/mol. The fourth-order valence-electron chi connectivity index (χ4n) is 1.43. The minimum atomic E-state index is 0.0362. The van der Waals surface area contributed by atoms with E-state index in [1.54, 1.807) is 11.3 Å². The predicted octanol–water partition coefficient (Wildman–Crippen LogP) is 2.08. The first-order valence-electron chi connectivity index (χ1n) is 5.63. The lowest BCUT2D eigenvalue weighted by atomic mass is 10.1. The number of nitrogens with two attached hydrogens (primary N) is 1. The van der Waals surface area contributed by atoms with Crippen molar-refractivity contribution in [2.75, 3.05) is 13.1 Å². The van der Waals surface area contributed by atoms with Crippen LogP contribution < -0.4 is 5.73 Å². The first-order chi connectivity index (χ1) is 7.63. The fourth-order valence-corrected chi connectivity index (χ4v) is 2.15. The summed E-state index contributed by atoms with van der Waals surface area (Å²) in [6, 6.07) is 4.06. The highest BCUT2D eigenvalue weighted by atomic mass is 32.1. The van der Waals surface area contributed by atoms with Gasteiger partial charge in [0.2, 0.25) is 5.91 Å². The molecule has 16 heavy (non-hydrogen) atoms. The molecule has 0 unspecified atom stereocenters. The van der Waals surface area contributed by atoms with E-state index in [2.05, 4.69) is 19.9 Å². The molecule has 0 bridgehead atoms. The van der Waals surface area contributed by atoms with E-state index in [0.29, 0.717) is 12.5 Å². The summed E-state index contributed by atoms with van der Waals surface area (Å²) in [5, 5.41) is 2.03. The van der Waals surface area contributed by atoms with E-state index in [1.807, 2.05) is 16.3 Å². The molecule has 0 fully saturated rings. The average molecular weight is 240 g/mol. The zero-order valence-corrected chi connectivity index (χ0v) is 10.8. The Morgan fingerprint density at radius 3 is 2.81 bits per heavy atom. The van der Waals surface area contributed by atoms with Gasteiger partial charge in [0, 0.05) is 11.4 Å². The van der Waals surface area contributed by atoms with Crippen molar-refractivity contribution in [3.63, 3.8) is 0 Å². The maximum atomic E-state index is 11.7. The average Bonchev–Trinajstić information content (AvgIpc) is 2.75. The molecule has 1 aromatic heterocycles. The summed E-state index contributed by atoms with van der Waals surface area (Å²) in [6.45, 7) is 5.92. The van der Waals surface area contributed by atoms with Gasteiger partial charge >= 0.3 is 0 Å². The van der Waals surface area contributed by atoms with Crippen LogP contribution in [0.3, 0.4) is 0 Å². The van der Waals surface area contributed by atoms with Gasteiger partial charge in [0.15, 0.2) is 0 Å². The molecule has 0 saturated heterocycles. The smallest absolute Gasteiger partial charge is 0.236 e. The Balaban J connectivity index is 2.53. The van der Waals surface area contributed by atoms with E-state index in [1.165, 1.54) is 4.88 Å². The van der Waals surface area contributed by atoms with Crippen molar-refractivity contribution in [3.05, 3.63) is 22.4 Å². The van der Waals surface area contributed by atoms with E-state index < -0.39 is 0 Å². The molecule has 90 valence electrons. The van der Waals surface area contributed by atoms with Gasteiger partial charge in [0.25, 0.3) is 0 Å².